The Morgan fingerprint density at radius 3 is 2.48 bits per heavy atom. The number of carbonyl (C=O) groups is 2. The van der Waals surface area contributed by atoms with Gasteiger partial charge in [0.15, 0.2) is 11.2 Å². The SMILES string of the molecule is NC(=O)c1c(CC2CC2)nc2c(cnn2C2(c3ccc(F)cn3)CC2)c1-c1ccc2c(c1)OC1(CCC1)C(=O)N2Cc1ncc(Cl)cn1. The predicted molar refractivity (Wildman–Crippen MR) is 174 cm³/mol. The monoisotopic (exact) mass is 664 g/mol. The lowest BCUT2D eigenvalue weighted by Crippen LogP contribution is -2.59. The van der Waals surface area contributed by atoms with Gasteiger partial charge in [-0.3, -0.25) is 19.5 Å². The van der Waals surface area contributed by atoms with Crippen molar-refractivity contribution in [3.05, 3.63) is 88.7 Å². The molecule has 0 radical (unpaired) electrons. The lowest BCUT2D eigenvalue weighted by molar-refractivity contribution is -0.143. The highest BCUT2D eigenvalue weighted by atomic mass is 35.5. The molecule has 0 atom stereocenters. The molecule has 0 bridgehead atoms. The summed E-state index contributed by atoms with van der Waals surface area (Å²) in [5.41, 5.74) is 8.81. The maximum atomic E-state index is 13.8. The minimum absolute atomic E-state index is 0.131. The van der Waals surface area contributed by atoms with Crippen molar-refractivity contribution >= 4 is 40.1 Å². The number of nitrogens with two attached hydrogens (primary N) is 1. The van der Waals surface area contributed by atoms with Gasteiger partial charge in [-0.2, -0.15) is 5.10 Å². The van der Waals surface area contributed by atoms with Crippen LogP contribution in [0.2, 0.25) is 5.02 Å². The number of hydrogen-bond donors (Lipinski definition) is 1. The van der Waals surface area contributed by atoms with E-state index in [2.05, 4.69) is 15.0 Å². The van der Waals surface area contributed by atoms with E-state index in [4.69, 9.17) is 32.2 Å². The molecule has 1 aliphatic heterocycles. The Morgan fingerprint density at radius 1 is 1.04 bits per heavy atom. The molecule has 2 N–H and O–H groups in total. The van der Waals surface area contributed by atoms with Crippen LogP contribution in [0, 0.1) is 11.7 Å². The zero-order valence-corrected chi connectivity index (χ0v) is 26.6. The summed E-state index contributed by atoms with van der Waals surface area (Å²) in [7, 11) is 0. The molecule has 4 aliphatic rings. The molecule has 2 amide bonds. The molecule has 5 aromatic rings. The molecule has 3 aliphatic carbocycles. The summed E-state index contributed by atoms with van der Waals surface area (Å²) >= 11 is 6.02. The van der Waals surface area contributed by atoms with E-state index in [1.54, 1.807) is 17.2 Å². The smallest absolute Gasteiger partial charge is 0.271 e. The van der Waals surface area contributed by atoms with Crippen LogP contribution < -0.4 is 15.4 Å². The summed E-state index contributed by atoms with van der Waals surface area (Å²) in [5.74, 6) is 0.284. The van der Waals surface area contributed by atoms with Crippen LogP contribution in [0.5, 0.6) is 5.75 Å². The third-order valence-electron chi connectivity index (χ3n) is 10.2. The summed E-state index contributed by atoms with van der Waals surface area (Å²) in [4.78, 5) is 46.9. The molecule has 11 nitrogen and oxygen atoms in total. The van der Waals surface area contributed by atoms with E-state index in [-0.39, 0.29) is 12.5 Å². The Bertz CT molecular complexity index is 2140. The molecule has 4 aromatic heterocycles. The third kappa shape index (κ3) is 4.56. The number of ether oxygens (including phenoxy) is 1. The Kier molecular flexibility index (Phi) is 6.39. The fraction of sp³-hybridized carbons (Fsp3) is 0.343. The van der Waals surface area contributed by atoms with Gasteiger partial charge >= 0.3 is 0 Å². The number of fused-ring (bicyclic) bond motifs is 2. The Morgan fingerprint density at radius 2 is 1.83 bits per heavy atom. The lowest BCUT2D eigenvalue weighted by atomic mass is 9.77. The van der Waals surface area contributed by atoms with Gasteiger partial charge in [0, 0.05) is 23.3 Å². The van der Waals surface area contributed by atoms with E-state index >= 15 is 0 Å². The van der Waals surface area contributed by atoms with E-state index in [1.165, 1.54) is 24.7 Å². The van der Waals surface area contributed by atoms with Gasteiger partial charge in [0.1, 0.15) is 22.9 Å². The second-order valence-electron chi connectivity index (χ2n) is 13.3. The van der Waals surface area contributed by atoms with Crippen molar-refractivity contribution in [1.82, 2.24) is 29.7 Å². The van der Waals surface area contributed by atoms with Crippen molar-refractivity contribution in [3.8, 4) is 16.9 Å². The molecule has 1 spiro atoms. The molecule has 3 fully saturated rings. The molecular weight excluding hydrogens is 635 g/mol. The first-order chi connectivity index (χ1) is 23.2. The fourth-order valence-corrected chi connectivity index (χ4v) is 7.27. The van der Waals surface area contributed by atoms with Gasteiger partial charge < -0.3 is 10.5 Å². The number of amides is 2. The summed E-state index contributed by atoms with van der Waals surface area (Å²) in [5, 5.41) is 5.89. The second-order valence-corrected chi connectivity index (χ2v) is 13.8. The highest BCUT2D eigenvalue weighted by Crippen LogP contribution is 2.52. The number of halogens is 2. The fourth-order valence-electron chi connectivity index (χ4n) is 7.17. The second kappa shape index (κ2) is 10.5. The molecule has 242 valence electrons. The normalized spacial score (nSPS) is 18.8. The summed E-state index contributed by atoms with van der Waals surface area (Å²) in [6.07, 6.45) is 12.3. The Hall–Kier alpha value is -4.97. The van der Waals surface area contributed by atoms with Crippen molar-refractivity contribution in [2.24, 2.45) is 11.7 Å². The van der Waals surface area contributed by atoms with Gasteiger partial charge in [-0.15, -0.1) is 0 Å². The van der Waals surface area contributed by atoms with E-state index in [9.17, 15) is 14.0 Å². The van der Waals surface area contributed by atoms with Crippen LogP contribution in [-0.2, 0) is 23.3 Å². The number of carbonyl (C=O) groups excluding carboxylic acids is 2. The van der Waals surface area contributed by atoms with Crippen LogP contribution in [0.15, 0.2) is 55.1 Å². The number of hydrogen-bond acceptors (Lipinski definition) is 8. The van der Waals surface area contributed by atoms with Crippen LogP contribution in [0.3, 0.4) is 0 Å². The Labute approximate surface area is 279 Å². The molecule has 5 heterocycles. The molecule has 0 unspecified atom stereocenters. The van der Waals surface area contributed by atoms with Crippen molar-refractivity contribution in [2.75, 3.05) is 4.90 Å². The van der Waals surface area contributed by atoms with E-state index in [0.29, 0.717) is 86.6 Å². The van der Waals surface area contributed by atoms with Gasteiger partial charge in [-0.05, 0) is 87.1 Å². The van der Waals surface area contributed by atoms with Crippen LogP contribution in [0.25, 0.3) is 22.2 Å². The summed E-state index contributed by atoms with van der Waals surface area (Å²) in [6, 6.07) is 8.69. The first kappa shape index (κ1) is 29.2. The quantitative estimate of drug-likeness (QED) is 0.229. The highest BCUT2D eigenvalue weighted by Gasteiger charge is 2.53. The number of nitrogens with zero attached hydrogens (tertiary/aromatic N) is 7. The first-order valence-electron chi connectivity index (χ1n) is 16.2. The van der Waals surface area contributed by atoms with Crippen LogP contribution in [0.1, 0.15) is 72.5 Å². The van der Waals surface area contributed by atoms with Crippen LogP contribution >= 0.6 is 11.6 Å². The summed E-state index contributed by atoms with van der Waals surface area (Å²) in [6.45, 7) is 0.150. The van der Waals surface area contributed by atoms with Crippen molar-refractivity contribution < 1.29 is 18.7 Å². The van der Waals surface area contributed by atoms with Gasteiger partial charge in [-0.25, -0.2) is 24.0 Å². The van der Waals surface area contributed by atoms with Crippen LogP contribution in [0.4, 0.5) is 10.1 Å². The topological polar surface area (TPSA) is 142 Å². The number of rotatable bonds is 8. The summed E-state index contributed by atoms with van der Waals surface area (Å²) < 4.78 is 22.2. The average molecular weight is 665 g/mol. The van der Waals surface area contributed by atoms with Gasteiger partial charge in [0.2, 0.25) is 0 Å². The van der Waals surface area contributed by atoms with Gasteiger partial charge in [0.05, 0.1) is 46.6 Å². The highest BCUT2D eigenvalue weighted by molar-refractivity contribution is 6.30. The maximum absolute atomic E-state index is 13.8. The molecule has 3 saturated carbocycles. The Balaban J connectivity index is 1.21. The minimum Gasteiger partial charge on any atom is -0.475 e. The molecular formula is C35H30ClFN8O3. The molecule has 9 rings (SSSR count). The van der Waals surface area contributed by atoms with Crippen molar-refractivity contribution in [2.45, 2.75) is 69.1 Å². The largest absolute Gasteiger partial charge is 0.475 e. The first-order valence-corrected chi connectivity index (χ1v) is 16.6. The number of pyridine rings is 2. The molecule has 1 aromatic carbocycles. The minimum atomic E-state index is -0.972. The zero-order valence-electron chi connectivity index (χ0n) is 25.8. The van der Waals surface area contributed by atoms with Gasteiger partial charge in [0.25, 0.3) is 11.8 Å². The van der Waals surface area contributed by atoms with Crippen molar-refractivity contribution in [1.29, 1.82) is 0 Å². The lowest BCUT2D eigenvalue weighted by Gasteiger charge is -2.47. The molecule has 48 heavy (non-hydrogen) atoms. The predicted octanol–water partition coefficient (Wildman–Crippen LogP) is 5.51. The van der Waals surface area contributed by atoms with E-state index in [0.717, 1.165) is 32.1 Å². The number of benzene rings is 1. The standard InChI is InChI=1S/C35H30ClFN8O3/c36-21-14-40-28(41-15-21)18-44-25-6-4-20(13-26(25)48-35(33(44)47)8-1-9-35)29-23-17-42-45(34(10-11-34)27-7-5-22(37)16-39-27)32(23)43-24(12-19-2-3-19)30(29)31(38)46/h4-7,13-17,19H,1-3,8-12,18H2,(H2,38,46). The van der Waals surface area contributed by atoms with Crippen molar-refractivity contribution in [3.63, 3.8) is 0 Å². The average Bonchev–Trinajstić information content (AvgIpc) is 4.00. The number of aromatic nitrogens is 6. The van der Waals surface area contributed by atoms with Crippen LogP contribution in [-0.4, -0.2) is 47.1 Å². The number of primary amides is 1. The molecule has 13 heteroatoms. The maximum Gasteiger partial charge on any atom is 0.271 e. The van der Waals surface area contributed by atoms with Gasteiger partial charge in [-0.1, -0.05) is 17.7 Å². The third-order valence-corrected chi connectivity index (χ3v) is 10.4. The van der Waals surface area contributed by atoms with E-state index in [1.807, 2.05) is 22.9 Å². The zero-order chi connectivity index (χ0) is 32.8. The van der Waals surface area contributed by atoms with E-state index < -0.39 is 22.9 Å². The molecule has 0 saturated heterocycles. The number of anilines is 1.